The van der Waals surface area contributed by atoms with Crippen molar-refractivity contribution in [1.82, 2.24) is 15.8 Å². The number of para-hydroxylation sites is 1. The van der Waals surface area contributed by atoms with E-state index in [2.05, 4.69) is 31.8 Å². The highest BCUT2D eigenvalue weighted by Gasteiger charge is 2.20. The molecule has 2 heterocycles. The standard InChI is InChI=1S/C15H11BrFN3O3/c1-7-9-3-2-4-10(17)13(9)23-12(7)15(22)20-19-14(21)11-5-8(16)6-18-11/h2-6,18H,1H3,(H,19,21)(H,20,22). The molecule has 6 nitrogen and oxygen atoms in total. The van der Waals surface area contributed by atoms with Crippen molar-refractivity contribution in [2.24, 2.45) is 0 Å². The van der Waals surface area contributed by atoms with E-state index in [1.165, 1.54) is 12.1 Å². The molecule has 0 saturated heterocycles. The molecular weight excluding hydrogens is 369 g/mol. The summed E-state index contributed by atoms with van der Waals surface area (Å²) < 4.78 is 19.7. The maximum absolute atomic E-state index is 13.7. The van der Waals surface area contributed by atoms with Crippen LogP contribution >= 0.6 is 15.9 Å². The lowest BCUT2D eigenvalue weighted by atomic mass is 10.1. The molecule has 3 N–H and O–H groups in total. The number of furan rings is 1. The molecule has 2 amide bonds. The minimum absolute atomic E-state index is 0.00905. The molecule has 0 saturated carbocycles. The number of halogens is 2. The number of carbonyl (C=O) groups excluding carboxylic acids is 2. The van der Waals surface area contributed by atoms with Crippen LogP contribution in [0.25, 0.3) is 11.0 Å². The first-order chi connectivity index (χ1) is 11.0. The number of aromatic nitrogens is 1. The van der Waals surface area contributed by atoms with Gasteiger partial charge < -0.3 is 9.40 Å². The summed E-state index contributed by atoms with van der Waals surface area (Å²) in [5.74, 6) is -1.80. The average Bonchev–Trinajstić information content (AvgIpc) is 3.10. The number of fused-ring (bicyclic) bond motifs is 1. The van der Waals surface area contributed by atoms with Crippen LogP contribution in [-0.4, -0.2) is 16.8 Å². The van der Waals surface area contributed by atoms with Gasteiger partial charge in [-0.15, -0.1) is 0 Å². The number of rotatable bonds is 2. The molecule has 1 aromatic carbocycles. The number of aromatic amines is 1. The van der Waals surface area contributed by atoms with Crippen molar-refractivity contribution in [1.29, 1.82) is 0 Å². The number of hydrogen-bond acceptors (Lipinski definition) is 3. The van der Waals surface area contributed by atoms with Crippen LogP contribution in [0.5, 0.6) is 0 Å². The van der Waals surface area contributed by atoms with Crippen LogP contribution in [0.1, 0.15) is 26.6 Å². The molecule has 118 valence electrons. The topological polar surface area (TPSA) is 87.1 Å². The van der Waals surface area contributed by atoms with Crippen molar-refractivity contribution in [2.45, 2.75) is 6.92 Å². The Hall–Kier alpha value is -2.61. The first-order valence-electron chi connectivity index (χ1n) is 6.59. The lowest BCUT2D eigenvalue weighted by Gasteiger charge is -2.05. The van der Waals surface area contributed by atoms with Gasteiger partial charge in [0.15, 0.2) is 17.2 Å². The predicted molar refractivity (Wildman–Crippen MR) is 84.3 cm³/mol. The zero-order chi connectivity index (χ0) is 16.6. The second kappa shape index (κ2) is 5.88. The molecule has 8 heteroatoms. The Bertz CT molecular complexity index is 916. The summed E-state index contributed by atoms with van der Waals surface area (Å²) >= 11 is 3.20. The summed E-state index contributed by atoms with van der Waals surface area (Å²) in [6.45, 7) is 1.64. The highest BCUT2D eigenvalue weighted by Crippen LogP contribution is 2.27. The monoisotopic (exact) mass is 379 g/mol. The minimum Gasteiger partial charge on any atom is -0.447 e. The van der Waals surface area contributed by atoms with Crippen molar-refractivity contribution in [3.05, 3.63) is 57.8 Å². The summed E-state index contributed by atoms with van der Waals surface area (Å²) in [5, 5.41) is 0.509. The first-order valence-corrected chi connectivity index (χ1v) is 7.39. The Morgan fingerprint density at radius 1 is 1.26 bits per heavy atom. The Kier molecular flexibility index (Phi) is 3.91. The van der Waals surface area contributed by atoms with E-state index in [0.717, 1.165) is 0 Å². The van der Waals surface area contributed by atoms with Crippen LogP contribution < -0.4 is 10.9 Å². The van der Waals surface area contributed by atoms with E-state index in [9.17, 15) is 14.0 Å². The molecule has 0 unspecified atom stereocenters. The Morgan fingerprint density at radius 2 is 2.00 bits per heavy atom. The van der Waals surface area contributed by atoms with Crippen LogP contribution in [0.3, 0.4) is 0 Å². The van der Waals surface area contributed by atoms with Gasteiger partial charge in [-0.2, -0.15) is 0 Å². The maximum Gasteiger partial charge on any atom is 0.305 e. The number of H-pyrrole nitrogens is 1. The third kappa shape index (κ3) is 2.85. The van der Waals surface area contributed by atoms with Gasteiger partial charge in [0, 0.05) is 21.6 Å². The molecular formula is C15H11BrFN3O3. The molecule has 3 rings (SSSR count). The number of nitrogens with one attached hydrogen (secondary N) is 3. The van der Waals surface area contributed by atoms with Crippen molar-refractivity contribution in [3.8, 4) is 0 Å². The molecule has 0 spiro atoms. The van der Waals surface area contributed by atoms with Crippen LogP contribution in [0.2, 0.25) is 0 Å². The SMILES string of the molecule is Cc1c(C(=O)NNC(=O)c2cc(Br)c[nH]2)oc2c(F)cccc12. The molecule has 0 aliphatic rings. The molecule has 0 aliphatic carbocycles. The first kappa shape index (κ1) is 15.3. The minimum atomic E-state index is -0.669. The van der Waals surface area contributed by atoms with Gasteiger partial charge in [-0.05, 0) is 35.0 Å². The predicted octanol–water partition coefficient (Wildman–Crippen LogP) is 3.05. The zero-order valence-electron chi connectivity index (χ0n) is 11.9. The second-order valence-corrected chi connectivity index (χ2v) is 5.73. The smallest absolute Gasteiger partial charge is 0.305 e. The molecule has 0 atom stereocenters. The van der Waals surface area contributed by atoms with Gasteiger partial charge in [-0.3, -0.25) is 20.4 Å². The van der Waals surface area contributed by atoms with Crippen molar-refractivity contribution in [3.63, 3.8) is 0 Å². The molecule has 0 radical (unpaired) electrons. The third-order valence-corrected chi connectivity index (χ3v) is 3.76. The number of carbonyl (C=O) groups is 2. The van der Waals surface area contributed by atoms with Crippen LogP contribution in [0.4, 0.5) is 4.39 Å². The maximum atomic E-state index is 13.7. The number of hydrazine groups is 1. The van der Waals surface area contributed by atoms with Crippen LogP contribution in [-0.2, 0) is 0 Å². The van der Waals surface area contributed by atoms with Crippen LogP contribution in [0, 0.1) is 12.7 Å². The molecule has 2 aromatic heterocycles. The van der Waals surface area contributed by atoms with Crippen molar-refractivity contribution in [2.75, 3.05) is 0 Å². The normalized spacial score (nSPS) is 10.7. The Morgan fingerprint density at radius 3 is 2.65 bits per heavy atom. The van der Waals surface area contributed by atoms with E-state index >= 15 is 0 Å². The summed E-state index contributed by atoms with van der Waals surface area (Å²) in [7, 11) is 0. The number of hydrogen-bond donors (Lipinski definition) is 3. The molecule has 0 fully saturated rings. The van der Waals surface area contributed by atoms with E-state index < -0.39 is 17.6 Å². The highest BCUT2D eigenvalue weighted by molar-refractivity contribution is 9.10. The summed E-state index contributed by atoms with van der Waals surface area (Å²) in [6.07, 6.45) is 1.59. The molecule has 0 bridgehead atoms. The lowest BCUT2D eigenvalue weighted by molar-refractivity contribution is 0.0829. The van der Waals surface area contributed by atoms with Gasteiger partial charge in [-0.25, -0.2) is 4.39 Å². The van der Waals surface area contributed by atoms with Crippen LogP contribution in [0.15, 0.2) is 39.4 Å². The number of aryl methyl sites for hydroxylation is 1. The summed E-state index contributed by atoms with van der Waals surface area (Å²) in [4.78, 5) is 26.7. The van der Waals surface area contributed by atoms with Gasteiger partial charge in [-0.1, -0.05) is 12.1 Å². The lowest BCUT2D eigenvalue weighted by Crippen LogP contribution is -2.41. The quantitative estimate of drug-likeness (QED) is 0.598. The largest absolute Gasteiger partial charge is 0.447 e. The number of amides is 2. The van der Waals surface area contributed by atoms with Crippen molar-refractivity contribution >= 4 is 38.7 Å². The summed E-state index contributed by atoms with van der Waals surface area (Å²) in [5.41, 5.74) is 5.26. The van der Waals surface area contributed by atoms with Gasteiger partial charge in [0.25, 0.3) is 5.91 Å². The van der Waals surface area contributed by atoms with E-state index in [1.807, 2.05) is 0 Å². The molecule has 3 aromatic rings. The van der Waals surface area contributed by atoms with Gasteiger partial charge in [0.2, 0.25) is 0 Å². The fourth-order valence-corrected chi connectivity index (χ4v) is 2.51. The van der Waals surface area contributed by atoms with E-state index in [1.54, 1.807) is 25.3 Å². The summed E-state index contributed by atoms with van der Waals surface area (Å²) in [6, 6.07) is 6.00. The average molecular weight is 380 g/mol. The van der Waals surface area contributed by atoms with E-state index in [0.29, 0.717) is 15.4 Å². The van der Waals surface area contributed by atoms with E-state index in [4.69, 9.17) is 4.42 Å². The zero-order valence-corrected chi connectivity index (χ0v) is 13.5. The Labute approximate surface area is 138 Å². The highest BCUT2D eigenvalue weighted by atomic mass is 79.9. The third-order valence-electron chi connectivity index (χ3n) is 3.30. The molecule has 0 aliphatic heterocycles. The van der Waals surface area contributed by atoms with Gasteiger partial charge >= 0.3 is 5.91 Å². The van der Waals surface area contributed by atoms with Crippen molar-refractivity contribution < 1.29 is 18.4 Å². The fourth-order valence-electron chi connectivity index (χ4n) is 2.16. The fraction of sp³-hybridized carbons (Fsp3) is 0.0667. The van der Waals surface area contributed by atoms with Gasteiger partial charge in [0.05, 0.1) is 0 Å². The molecule has 23 heavy (non-hydrogen) atoms. The number of benzene rings is 1. The Balaban J connectivity index is 1.77. The van der Waals surface area contributed by atoms with Gasteiger partial charge in [0.1, 0.15) is 5.69 Å². The second-order valence-electron chi connectivity index (χ2n) is 4.81. The van der Waals surface area contributed by atoms with E-state index in [-0.39, 0.29) is 17.0 Å².